The first-order chi connectivity index (χ1) is 6.29. The molecule has 14 heavy (non-hydrogen) atoms. The van der Waals surface area contributed by atoms with Crippen LogP contribution in [0.15, 0.2) is 12.1 Å². The number of hydrogen-bond acceptors (Lipinski definition) is 2. The van der Waals surface area contributed by atoms with Crippen LogP contribution in [0, 0.1) is 11.6 Å². The molecule has 1 aromatic carbocycles. The lowest BCUT2D eigenvalue weighted by Crippen LogP contribution is -2.24. The number of rotatable bonds is 1. The van der Waals surface area contributed by atoms with Gasteiger partial charge in [-0.3, -0.25) is 0 Å². The van der Waals surface area contributed by atoms with Crippen LogP contribution in [-0.4, -0.2) is 5.60 Å². The number of ether oxygens (including phenoxy) is 1. The molecule has 0 aliphatic carbocycles. The highest BCUT2D eigenvalue weighted by Crippen LogP contribution is 2.29. The Kier molecular flexibility index (Phi) is 2.64. The van der Waals surface area contributed by atoms with Gasteiger partial charge in [-0.05, 0) is 20.8 Å². The van der Waals surface area contributed by atoms with Crippen LogP contribution in [0.4, 0.5) is 14.5 Å². The molecular weight excluding hydrogens is 188 g/mol. The van der Waals surface area contributed by atoms with Crippen molar-refractivity contribution in [2.45, 2.75) is 26.4 Å². The number of nitrogen functional groups attached to an aromatic ring is 1. The Hall–Kier alpha value is -1.32. The molecule has 0 aliphatic heterocycles. The Morgan fingerprint density at radius 3 is 2.21 bits per heavy atom. The Morgan fingerprint density at radius 1 is 1.21 bits per heavy atom. The molecule has 0 aromatic heterocycles. The number of hydrogen-bond donors (Lipinski definition) is 1. The summed E-state index contributed by atoms with van der Waals surface area (Å²) in [6.07, 6.45) is 0. The van der Waals surface area contributed by atoms with Gasteiger partial charge in [0.05, 0.1) is 5.69 Å². The number of benzene rings is 1. The van der Waals surface area contributed by atoms with Gasteiger partial charge in [0.2, 0.25) is 0 Å². The fourth-order valence-corrected chi connectivity index (χ4v) is 0.994. The van der Waals surface area contributed by atoms with Crippen LogP contribution >= 0.6 is 0 Å². The second-order valence-electron chi connectivity index (χ2n) is 4.02. The third kappa shape index (κ3) is 2.58. The second kappa shape index (κ2) is 3.44. The van der Waals surface area contributed by atoms with Gasteiger partial charge in [-0.1, -0.05) is 0 Å². The molecule has 0 unspecified atom stereocenters. The van der Waals surface area contributed by atoms with Crippen molar-refractivity contribution < 1.29 is 13.5 Å². The Balaban J connectivity index is 3.09. The maximum absolute atomic E-state index is 13.2. The third-order valence-corrected chi connectivity index (χ3v) is 1.45. The molecule has 78 valence electrons. The van der Waals surface area contributed by atoms with Crippen molar-refractivity contribution in [1.29, 1.82) is 0 Å². The van der Waals surface area contributed by atoms with Crippen molar-refractivity contribution in [2.75, 3.05) is 5.73 Å². The highest BCUT2D eigenvalue weighted by molar-refractivity contribution is 5.53. The van der Waals surface area contributed by atoms with Crippen LogP contribution in [0.25, 0.3) is 0 Å². The molecule has 0 amide bonds. The van der Waals surface area contributed by atoms with E-state index in [0.29, 0.717) is 0 Å². The van der Waals surface area contributed by atoms with E-state index in [1.807, 2.05) is 0 Å². The van der Waals surface area contributed by atoms with Crippen molar-refractivity contribution >= 4 is 5.69 Å². The van der Waals surface area contributed by atoms with Gasteiger partial charge in [-0.25, -0.2) is 8.78 Å². The zero-order valence-electron chi connectivity index (χ0n) is 8.40. The van der Waals surface area contributed by atoms with Gasteiger partial charge in [0, 0.05) is 12.1 Å². The molecule has 0 saturated heterocycles. The lowest BCUT2D eigenvalue weighted by molar-refractivity contribution is 0.125. The van der Waals surface area contributed by atoms with Gasteiger partial charge in [-0.2, -0.15) is 0 Å². The standard InChI is InChI=1S/C10H13F2NO/c1-10(2,3)14-9-7(12)4-6(11)5-8(9)13/h4-5H,13H2,1-3H3. The summed E-state index contributed by atoms with van der Waals surface area (Å²) in [5.41, 5.74) is 4.83. The van der Waals surface area contributed by atoms with Crippen LogP contribution in [0.2, 0.25) is 0 Å². The molecule has 0 saturated carbocycles. The van der Waals surface area contributed by atoms with Crippen LogP contribution in [0.3, 0.4) is 0 Å². The largest absolute Gasteiger partial charge is 0.483 e. The SMILES string of the molecule is CC(C)(C)Oc1c(N)cc(F)cc1F. The topological polar surface area (TPSA) is 35.2 Å². The normalized spacial score (nSPS) is 11.5. The zero-order chi connectivity index (χ0) is 10.9. The minimum absolute atomic E-state index is 0.0302. The first-order valence-corrected chi connectivity index (χ1v) is 4.23. The first-order valence-electron chi connectivity index (χ1n) is 4.23. The van der Waals surface area contributed by atoms with E-state index in [9.17, 15) is 8.78 Å². The summed E-state index contributed by atoms with van der Waals surface area (Å²) in [7, 11) is 0. The number of nitrogens with two attached hydrogens (primary N) is 1. The summed E-state index contributed by atoms with van der Waals surface area (Å²) >= 11 is 0. The predicted octanol–water partition coefficient (Wildman–Crippen LogP) is 2.72. The van der Waals surface area contributed by atoms with E-state index in [-0.39, 0.29) is 11.4 Å². The smallest absolute Gasteiger partial charge is 0.178 e. The fraction of sp³-hybridized carbons (Fsp3) is 0.400. The molecule has 0 heterocycles. The fourth-order valence-electron chi connectivity index (χ4n) is 0.994. The summed E-state index contributed by atoms with van der Waals surface area (Å²) in [6.45, 7) is 5.28. The van der Waals surface area contributed by atoms with Crippen LogP contribution in [0.5, 0.6) is 5.75 Å². The molecule has 1 aromatic rings. The average molecular weight is 201 g/mol. The van der Waals surface area contributed by atoms with Gasteiger partial charge < -0.3 is 10.5 Å². The van der Waals surface area contributed by atoms with Gasteiger partial charge in [-0.15, -0.1) is 0 Å². The predicted molar refractivity (Wildman–Crippen MR) is 51.2 cm³/mol. The van der Waals surface area contributed by atoms with Gasteiger partial charge in [0.15, 0.2) is 11.6 Å². The quantitative estimate of drug-likeness (QED) is 0.709. The van der Waals surface area contributed by atoms with E-state index >= 15 is 0 Å². The second-order valence-corrected chi connectivity index (χ2v) is 4.02. The Labute approximate surface area is 81.7 Å². The minimum Gasteiger partial charge on any atom is -0.483 e. The molecule has 1 rings (SSSR count). The monoisotopic (exact) mass is 201 g/mol. The van der Waals surface area contributed by atoms with Crippen molar-refractivity contribution in [1.82, 2.24) is 0 Å². The molecule has 0 fully saturated rings. The van der Waals surface area contributed by atoms with Gasteiger partial charge in [0.1, 0.15) is 11.4 Å². The summed E-state index contributed by atoms with van der Waals surface area (Å²) in [5, 5.41) is 0. The molecule has 0 aliphatic rings. The van der Waals surface area contributed by atoms with E-state index < -0.39 is 17.2 Å². The summed E-state index contributed by atoms with van der Waals surface area (Å²) in [5.74, 6) is -1.59. The lowest BCUT2D eigenvalue weighted by atomic mass is 10.2. The molecule has 2 nitrogen and oxygen atoms in total. The van der Waals surface area contributed by atoms with Crippen LogP contribution < -0.4 is 10.5 Å². The highest BCUT2D eigenvalue weighted by atomic mass is 19.1. The van der Waals surface area contributed by atoms with E-state index in [2.05, 4.69) is 0 Å². The van der Waals surface area contributed by atoms with E-state index in [0.717, 1.165) is 12.1 Å². The molecule has 0 atom stereocenters. The van der Waals surface area contributed by atoms with E-state index in [1.54, 1.807) is 20.8 Å². The van der Waals surface area contributed by atoms with Crippen molar-refractivity contribution in [2.24, 2.45) is 0 Å². The Bertz CT molecular complexity index is 321. The van der Waals surface area contributed by atoms with Crippen molar-refractivity contribution in [3.63, 3.8) is 0 Å². The third-order valence-electron chi connectivity index (χ3n) is 1.45. The lowest BCUT2D eigenvalue weighted by Gasteiger charge is -2.22. The minimum atomic E-state index is -0.780. The average Bonchev–Trinajstić information content (AvgIpc) is 1.95. The molecule has 0 radical (unpaired) electrons. The van der Waals surface area contributed by atoms with Crippen molar-refractivity contribution in [3.05, 3.63) is 23.8 Å². The van der Waals surface area contributed by atoms with Gasteiger partial charge >= 0.3 is 0 Å². The summed E-state index contributed by atoms with van der Waals surface area (Å²) in [6, 6.07) is 1.78. The first kappa shape index (κ1) is 10.8. The molecule has 2 N–H and O–H groups in total. The maximum atomic E-state index is 13.2. The van der Waals surface area contributed by atoms with Crippen LogP contribution in [-0.2, 0) is 0 Å². The van der Waals surface area contributed by atoms with E-state index in [4.69, 9.17) is 10.5 Å². The summed E-state index contributed by atoms with van der Waals surface area (Å²) < 4.78 is 31.1. The summed E-state index contributed by atoms with van der Waals surface area (Å²) in [4.78, 5) is 0. The molecule has 0 bridgehead atoms. The molecule has 0 spiro atoms. The van der Waals surface area contributed by atoms with Gasteiger partial charge in [0.25, 0.3) is 0 Å². The Morgan fingerprint density at radius 2 is 1.79 bits per heavy atom. The number of anilines is 1. The maximum Gasteiger partial charge on any atom is 0.178 e. The van der Waals surface area contributed by atoms with Crippen molar-refractivity contribution in [3.8, 4) is 5.75 Å². The highest BCUT2D eigenvalue weighted by Gasteiger charge is 2.18. The zero-order valence-corrected chi connectivity index (χ0v) is 8.40. The molecule has 4 heteroatoms. The molecular formula is C10H13F2NO. The van der Waals surface area contributed by atoms with E-state index in [1.165, 1.54) is 0 Å². The number of halogens is 2. The van der Waals surface area contributed by atoms with Crippen LogP contribution in [0.1, 0.15) is 20.8 Å².